The summed E-state index contributed by atoms with van der Waals surface area (Å²) >= 11 is 0. The second kappa shape index (κ2) is 13.9. The summed E-state index contributed by atoms with van der Waals surface area (Å²) in [5, 5.41) is 5.84. The summed E-state index contributed by atoms with van der Waals surface area (Å²) in [6.07, 6.45) is 4.84. The number of benzene rings is 1. The summed E-state index contributed by atoms with van der Waals surface area (Å²) in [4.78, 5) is 40.8. The maximum Gasteiger partial charge on any atom is 0.407 e. The summed E-state index contributed by atoms with van der Waals surface area (Å²) in [7, 11) is 1.43. The molecule has 2 saturated heterocycles. The first-order chi connectivity index (χ1) is 16.6. The molecule has 9 nitrogen and oxygen atoms in total. The van der Waals surface area contributed by atoms with E-state index in [9.17, 15) is 14.4 Å². The number of likely N-dealkylation sites (tertiary alicyclic amines) is 2. The topological polar surface area (TPSA) is 100 Å². The zero-order valence-corrected chi connectivity index (χ0v) is 20.2. The van der Waals surface area contributed by atoms with E-state index in [1.165, 1.54) is 7.11 Å². The Balaban J connectivity index is 1.27. The fourth-order valence-electron chi connectivity index (χ4n) is 4.75. The van der Waals surface area contributed by atoms with Crippen LogP contribution in [-0.4, -0.2) is 86.2 Å². The van der Waals surface area contributed by atoms with E-state index in [1.54, 1.807) is 0 Å². The van der Waals surface area contributed by atoms with Gasteiger partial charge in [-0.2, -0.15) is 0 Å². The number of ether oxygens (including phenoxy) is 2. The highest BCUT2D eigenvalue weighted by Gasteiger charge is 2.32. The van der Waals surface area contributed by atoms with Crippen molar-refractivity contribution in [2.75, 3.05) is 46.4 Å². The molecule has 0 spiro atoms. The smallest absolute Gasteiger partial charge is 0.407 e. The minimum Gasteiger partial charge on any atom is -0.468 e. The van der Waals surface area contributed by atoms with Gasteiger partial charge in [0.1, 0.15) is 12.6 Å². The second-order valence-corrected chi connectivity index (χ2v) is 8.90. The molecule has 0 saturated carbocycles. The van der Waals surface area contributed by atoms with Crippen molar-refractivity contribution < 1.29 is 23.9 Å². The van der Waals surface area contributed by atoms with Gasteiger partial charge in [-0.05, 0) is 57.2 Å². The van der Waals surface area contributed by atoms with Gasteiger partial charge in [0.25, 0.3) is 0 Å². The van der Waals surface area contributed by atoms with Crippen LogP contribution in [0.4, 0.5) is 4.79 Å². The third kappa shape index (κ3) is 7.99. The van der Waals surface area contributed by atoms with Crippen molar-refractivity contribution in [2.24, 2.45) is 0 Å². The third-order valence-corrected chi connectivity index (χ3v) is 6.53. The second-order valence-electron chi connectivity index (χ2n) is 8.90. The molecule has 0 aromatic heterocycles. The summed E-state index contributed by atoms with van der Waals surface area (Å²) in [5.74, 6) is -0.0965. The van der Waals surface area contributed by atoms with Crippen LogP contribution in [0, 0.1) is 0 Å². The Hall–Kier alpha value is -2.65. The van der Waals surface area contributed by atoms with E-state index in [4.69, 9.17) is 9.47 Å². The minimum absolute atomic E-state index is 0.0682. The number of methoxy groups -OCH3 is 1. The monoisotopic (exact) mass is 474 g/mol. The molecular weight excluding hydrogens is 436 g/mol. The molecule has 1 aromatic carbocycles. The predicted octanol–water partition coefficient (Wildman–Crippen LogP) is 1.91. The maximum absolute atomic E-state index is 12.7. The van der Waals surface area contributed by atoms with Crippen molar-refractivity contribution in [1.82, 2.24) is 20.4 Å². The van der Waals surface area contributed by atoms with Crippen LogP contribution in [0.25, 0.3) is 0 Å². The maximum atomic E-state index is 12.7. The van der Waals surface area contributed by atoms with Gasteiger partial charge >= 0.3 is 12.1 Å². The number of esters is 1. The first-order valence-electron chi connectivity index (χ1n) is 12.4. The molecule has 2 N–H and O–H groups in total. The lowest BCUT2D eigenvalue weighted by molar-refractivity contribution is -0.145. The number of hydrogen-bond donors (Lipinski definition) is 2. The van der Waals surface area contributed by atoms with Crippen molar-refractivity contribution in [3.8, 4) is 0 Å². The first-order valence-corrected chi connectivity index (χ1v) is 12.4. The fourth-order valence-corrected chi connectivity index (χ4v) is 4.75. The van der Waals surface area contributed by atoms with E-state index in [1.807, 2.05) is 30.3 Å². The van der Waals surface area contributed by atoms with Crippen LogP contribution >= 0.6 is 0 Å². The first kappa shape index (κ1) is 26.0. The van der Waals surface area contributed by atoms with Crippen LogP contribution < -0.4 is 10.6 Å². The number of carbonyl (C=O) groups excluding carboxylic acids is 3. The molecule has 0 bridgehead atoms. The summed E-state index contributed by atoms with van der Waals surface area (Å²) < 4.78 is 10.1. The number of alkyl carbamates (subject to hydrolysis) is 1. The Morgan fingerprint density at radius 1 is 0.912 bits per heavy atom. The Morgan fingerprint density at radius 2 is 1.53 bits per heavy atom. The summed E-state index contributed by atoms with van der Waals surface area (Å²) in [6.45, 7) is 4.69. The van der Waals surface area contributed by atoms with Crippen molar-refractivity contribution in [3.63, 3.8) is 0 Å². The lowest BCUT2D eigenvalue weighted by atomic mass is 10.2. The number of nitrogens with one attached hydrogen (secondary N) is 2. The van der Waals surface area contributed by atoms with Crippen LogP contribution in [0.1, 0.15) is 44.1 Å². The molecule has 9 heteroatoms. The molecule has 2 aliphatic rings. The molecule has 34 heavy (non-hydrogen) atoms. The molecule has 0 aliphatic carbocycles. The summed E-state index contributed by atoms with van der Waals surface area (Å²) in [5.41, 5.74) is 0.951. The molecule has 2 atom stereocenters. The van der Waals surface area contributed by atoms with E-state index < -0.39 is 6.09 Å². The number of hydrogen-bond acceptors (Lipinski definition) is 7. The average Bonchev–Trinajstić information content (AvgIpc) is 3.53. The molecule has 3 rings (SSSR count). The molecule has 2 heterocycles. The van der Waals surface area contributed by atoms with Gasteiger partial charge in [-0.25, -0.2) is 4.79 Å². The Bertz CT molecular complexity index is 791. The van der Waals surface area contributed by atoms with E-state index in [-0.39, 0.29) is 30.6 Å². The molecule has 1 aromatic rings. The molecular formula is C25H38N4O5. The van der Waals surface area contributed by atoms with Crippen LogP contribution in [0.5, 0.6) is 0 Å². The zero-order chi connectivity index (χ0) is 24.2. The number of amides is 2. The zero-order valence-electron chi connectivity index (χ0n) is 20.2. The lowest BCUT2D eigenvalue weighted by Crippen LogP contribution is -2.45. The number of rotatable bonds is 12. The molecule has 0 radical (unpaired) electrons. The van der Waals surface area contributed by atoms with E-state index in [2.05, 4.69) is 20.4 Å². The lowest BCUT2D eigenvalue weighted by Gasteiger charge is -2.24. The molecule has 0 unspecified atom stereocenters. The number of carbonyl (C=O) groups is 3. The predicted molar refractivity (Wildman–Crippen MR) is 128 cm³/mol. The van der Waals surface area contributed by atoms with Gasteiger partial charge in [-0.3, -0.25) is 19.4 Å². The molecule has 2 aliphatic heterocycles. The van der Waals surface area contributed by atoms with Crippen LogP contribution in [0.2, 0.25) is 0 Å². The van der Waals surface area contributed by atoms with E-state index in [0.717, 1.165) is 70.3 Å². The average molecular weight is 475 g/mol. The molecule has 188 valence electrons. The van der Waals surface area contributed by atoms with Gasteiger partial charge < -0.3 is 20.1 Å². The Morgan fingerprint density at radius 3 is 2.21 bits per heavy atom. The van der Waals surface area contributed by atoms with Crippen molar-refractivity contribution in [2.45, 2.75) is 57.2 Å². The van der Waals surface area contributed by atoms with Gasteiger partial charge in [-0.15, -0.1) is 0 Å². The standard InChI is InChI=1S/C25H38N4O5/c1-33-24(31)22-12-6-16-29(22)18-7-13-26-23(30)21-11-5-15-28(21)17-8-14-27-25(32)34-19-20-9-3-2-4-10-20/h2-4,9-10,21-22H,5-8,11-19H2,1H3,(H,26,30)(H,27,32)/t21-,22-/m0/s1. The van der Waals surface area contributed by atoms with E-state index in [0.29, 0.717) is 13.1 Å². The van der Waals surface area contributed by atoms with Crippen LogP contribution in [-0.2, 0) is 25.7 Å². The van der Waals surface area contributed by atoms with Crippen LogP contribution in [0.15, 0.2) is 30.3 Å². The van der Waals surface area contributed by atoms with Gasteiger partial charge in [0.15, 0.2) is 0 Å². The SMILES string of the molecule is COC(=O)[C@@H]1CCCN1CCCNC(=O)[C@@H]1CCCN1CCCNC(=O)OCc1ccccc1. The van der Waals surface area contributed by atoms with Crippen molar-refractivity contribution in [1.29, 1.82) is 0 Å². The summed E-state index contributed by atoms with van der Waals surface area (Å²) in [6, 6.07) is 9.32. The van der Waals surface area contributed by atoms with Gasteiger partial charge in [0.05, 0.1) is 13.2 Å². The van der Waals surface area contributed by atoms with Crippen LogP contribution in [0.3, 0.4) is 0 Å². The largest absolute Gasteiger partial charge is 0.468 e. The quantitative estimate of drug-likeness (QED) is 0.353. The third-order valence-electron chi connectivity index (χ3n) is 6.53. The highest BCUT2D eigenvalue weighted by atomic mass is 16.5. The highest BCUT2D eigenvalue weighted by Crippen LogP contribution is 2.19. The normalized spacial score (nSPS) is 20.7. The van der Waals surface area contributed by atoms with E-state index >= 15 is 0 Å². The number of nitrogens with zero attached hydrogens (tertiary/aromatic N) is 2. The molecule has 2 fully saturated rings. The Labute approximate surface area is 202 Å². The fraction of sp³-hybridized carbons (Fsp3) is 0.640. The van der Waals surface area contributed by atoms with Crippen molar-refractivity contribution in [3.05, 3.63) is 35.9 Å². The minimum atomic E-state index is -0.424. The Kier molecular flexibility index (Phi) is 10.6. The van der Waals surface area contributed by atoms with Gasteiger partial charge in [-0.1, -0.05) is 30.3 Å². The van der Waals surface area contributed by atoms with Gasteiger partial charge in [0, 0.05) is 26.2 Å². The molecule has 2 amide bonds. The highest BCUT2D eigenvalue weighted by molar-refractivity contribution is 5.82. The van der Waals surface area contributed by atoms with Gasteiger partial charge in [0.2, 0.25) is 5.91 Å². The van der Waals surface area contributed by atoms with Crippen molar-refractivity contribution >= 4 is 18.0 Å².